The third kappa shape index (κ3) is 45.1. The first-order valence-electron chi connectivity index (χ1n) is 27.7. The lowest BCUT2D eigenvalue weighted by atomic mass is 10.0. The zero-order valence-corrected chi connectivity index (χ0v) is 50.6. The van der Waals surface area contributed by atoms with Crippen LogP contribution in [-0.2, 0) is 57.2 Å². The minimum absolute atomic E-state index is 0.233. The highest BCUT2D eigenvalue weighted by atomic mass is 32.2. The van der Waals surface area contributed by atoms with Crippen molar-refractivity contribution in [3.05, 3.63) is 12.2 Å². The minimum atomic E-state index is -3.66. The summed E-state index contributed by atoms with van der Waals surface area (Å²) in [5.41, 5.74) is 0. The Balaban J connectivity index is -0.000000442. The van der Waals surface area contributed by atoms with E-state index in [4.69, 9.17) is 20.4 Å². The second-order valence-corrected chi connectivity index (χ2v) is 26.7. The van der Waals surface area contributed by atoms with Crippen molar-refractivity contribution < 1.29 is 81.0 Å². The van der Waals surface area contributed by atoms with E-state index in [2.05, 4.69) is 16.7 Å². The summed E-state index contributed by atoms with van der Waals surface area (Å²) in [5, 5.41) is 51.5. The SMILES string of the molecule is C/C=C/C(CCCCCCCCO)S(=O)(=O)OC.CCC(CCCCCCCCCO)S(=O)(=O)OC.CCC(O)C(CCCCCCCCO)S(=O)(=O)OC.COS(=O)(=O)C(C)C(O)CCCCCCCCCO. The number of aliphatic hydroxyl groups excluding tert-OH is 6. The van der Waals surface area contributed by atoms with Gasteiger partial charge >= 0.3 is 0 Å². The molecule has 0 aromatic carbocycles. The Hall–Kier alpha value is -0.860. The van der Waals surface area contributed by atoms with Crippen molar-refractivity contribution >= 4 is 40.5 Å². The smallest absolute Gasteiger partial charge is 0.273 e. The first-order valence-corrected chi connectivity index (χ1v) is 33.6. The fourth-order valence-electron chi connectivity index (χ4n) is 7.90. The number of rotatable bonds is 47. The van der Waals surface area contributed by atoms with Crippen LogP contribution in [0.1, 0.15) is 233 Å². The molecule has 0 aliphatic heterocycles. The Bertz CT molecular complexity index is 1680. The van der Waals surface area contributed by atoms with E-state index in [1.165, 1.54) is 27.6 Å². The molecule has 0 fully saturated rings. The van der Waals surface area contributed by atoms with Gasteiger partial charge < -0.3 is 30.6 Å². The maximum absolute atomic E-state index is 11.7. The predicted octanol–water partition coefficient (Wildman–Crippen LogP) is 9.13. The van der Waals surface area contributed by atoms with Crippen molar-refractivity contribution in [3.8, 4) is 0 Å². The number of unbranched alkanes of at least 4 members (excludes halogenated alkanes) is 22. The van der Waals surface area contributed by atoms with Crippen LogP contribution in [0.25, 0.3) is 0 Å². The van der Waals surface area contributed by atoms with Gasteiger partial charge in [0.25, 0.3) is 40.5 Å². The van der Waals surface area contributed by atoms with Gasteiger partial charge in [0.1, 0.15) is 15.7 Å². The maximum Gasteiger partial charge on any atom is 0.273 e. The molecule has 6 unspecified atom stereocenters. The second kappa shape index (κ2) is 52.8. The summed E-state index contributed by atoms with van der Waals surface area (Å²) in [7, 11) is -9.37. The molecule has 0 aromatic heterocycles. The zero-order valence-electron chi connectivity index (χ0n) is 47.3. The van der Waals surface area contributed by atoms with E-state index in [1.54, 1.807) is 19.1 Å². The largest absolute Gasteiger partial charge is 0.396 e. The summed E-state index contributed by atoms with van der Waals surface area (Å²) >= 11 is 0. The van der Waals surface area contributed by atoms with Gasteiger partial charge in [0.15, 0.2) is 0 Å². The van der Waals surface area contributed by atoms with Crippen molar-refractivity contribution in [3.63, 3.8) is 0 Å². The molecule has 0 heterocycles. The molecule has 6 N–H and O–H groups in total. The Morgan fingerprint density at radius 2 is 0.689 bits per heavy atom. The Labute approximate surface area is 452 Å². The van der Waals surface area contributed by atoms with Crippen molar-refractivity contribution in [2.24, 2.45) is 0 Å². The van der Waals surface area contributed by atoms with Gasteiger partial charge in [0.05, 0.1) is 45.9 Å². The van der Waals surface area contributed by atoms with Gasteiger partial charge in [-0.1, -0.05) is 167 Å². The summed E-state index contributed by atoms with van der Waals surface area (Å²) in [4.78, 5) is 0. The first kappa shape index (κ1) is 79.6. The molecule has 0 saturated heterocycles. The lowest BCUT2D eigenvalue weighted by Gasteiger charge is -2.20. The minimum Gasteiger partial charge on any atom is -0.396 e. The van der Waals surface area contributed by atoms with Crippen LogP contribution in [0, 0.1) is 0 Å². The van der Waals surface area contributed by atoms with Gasteiger partial charge in [-0.05, 0) is 78.1 Å². The van der Waals surface area contributed by atoms with Gasteiger partial charge in [0.2, 0.25) is 0 Å². The van der Waals surface area contributed by atoms with Crippen LogP contribution in [0.15, 0.2) is 12.2 Å². The van der Waals surface area contributed by atoms with E-state index in [0.717, 1.165) is 175 Å². The summed E-state index contributed by atoms with van der Waals surface area (Å²) in [6.45, 7) is 7.97. The molecule has 0 aromatic rings. The van der Waals surface area contributed by atoms with Crippen molar-refractivity contribution in [1.29, 1.82) is 0 Å². The molecule has 0 amide bonds. The molecule has 74 heavy (non-hydrogen) atoms. The lowest BCUT2D eigenvalue weighted by Crippen LogP contribution is -2.34. The van der Waals surface area contributed by atoms with Gasteiger partial charge in [0, 0.05) is 26.4 Å². The number of allylic oxidation sites excluding steroid dienone is 1. The van der Waals surface area contributed by atoms with Crippen LogP contribution in [-0.4, -0.2) is 152 Å². The standard InChI is InChI=1S/2C13H28O5S.C13H28O4S.C13H26O4S/c1-12(19(16,17)18-2)13(15)10-8-6-4-3-5-7-9-11-14;1-3-12(15)13(19(16,17)18-2)10-8-6-4-5-7-9-11-14;1-3-13(18(15,16)17-2)11-9-7-5-4-6-8-10-12-14;1-3-10-13(18(15,16)17-2)11-8-6-4-5-7-9-12-14/h2*12-15H,3-11H2,1-2H3;13-14H,3-12H2,1-2H3;3,10,13-14H,4-9,11-12H2,1-2H3/b;;;10-3+. The third-order valence-corrected chi connectivity index (χ3v) is 19.8. The van der Waals surface area contributed by atoms with E-state index < -0.39 is 68.4 Å². The number of hydrogen-bond donors (Lipinski definition) is 6. The van der Waals surface area contributed by atoms with E-state index in [9.17, 15) is 43.9 Å². The summed E-state index contributed by atoms with van der Waals surface area (Å²) in [5.74, 6) is 0. The van der Waals surface area contributed by atoms with Gasteiger partial charge in [-0.25, -0.2) is 0 Å². The van der Waals surface area contributed by atoms with Gasteiger partial charge in [-0.3, -0.25) is 16.7 Å². The average Bonchev–Trinajstić information content (AvgIpc) is 3.38. The zero-order chi connectivity index (χ0) is 57.2. The fourth-order valence-corrected chi connectivity index (χ4v) is 12.2. The van der Waals surface area contributed by atoms with Crippen LogP contribution in [0.3, 0.4) is 0 Å². The second-order valence-electron chi connectivity index (χ2n) is 18.8. The molecule has 0 spiro atoms. The molecule has 22 heteroatoms. The van der Waals surface area contributed by atoms with Crippen LogP contribution >= 0.6 is 0 Å². The van der Waals surface area contributed by atoms with E-state index in [1.807, 2.05) is 13.8 Å². The molecular formula is C52H110O18S4. The molecule has 0 radical (unpaired) electrons. The Morgan fingerprint density at radius 1 is 0.378 bits per heavy atom. The van der Waals surface area contributed by atoms with Crippen LogP contribution in [0.2, 0.25) is 0 Å². The van der Waals surface area contributed by atoms with Crippen molar-refractivity contribution in [2.45, 2.75) is 266 Å². The predicted molar refractivity (Wildman–Crippen MR) is 299 cm³/mol. The van der Waals surface area contributed by atoms with Gasteiger partial charge in [-0.2, -0.15) is 33.7 Å². The highest BCUT2D eigenvalue weighted by Gasteiger charge is 2.31. The highest BCUT2D eigenvalue weighted by Crippen LogP contribution is 2.21. The molecule has 0 rings (SSSR count). The van der Waals surface area contributed by atoms with E-state index in [-0.39, 0.29) is 31.7 Å². The molecule has 450 valence electrons. The first-order chi connectivity index (χ1) is 35.1. The average molecular weight is 1150 g/mol. The topological polar surface area (TPSA) is 295 Å². The summed E-state index contributed by atoms with van der Waals surface area (Å²) in [6.07, 6.45) is 31.2. The number of aliphatic hydroxyl groups is 6. The third-order valence-electron chi connectivity index (χ3n) is 12.9. The van der Waals surface area contributed by atoms with Gasteiger partial charge in [-0.15, -0.1) is 0 Å². The molecule has 0 bridgehead atoms. The monoisotopic (exact) mass is 1150 g/mol. The molecule has 6 atom stereocenters. The van der Waals surface area contributed by atoms with E-state index >= 15 is 0 Å². The molecule has 18 nitrogen and oxygen atoms in total. The molecule has 0 aliphatic rings. The Kier molecular flexibility index (Phi) is 56.8. The van der Waals surface area contributed by atoms with E-state index in [0.29, 0.717) is 38.5 Å². The summed E-state index contributed by atoms with van der Waals surface area (Å²) < 4.78 is 110. The molecular weight excluding hydrogens is 1040 g/mol. The Morgan fingerprint density at radius 3 is 1.00 bits per heavy atom. The summed E-state index contributed by atoms with van der Waals surface area (Å²) in [6, 6.07) is 0. The number of hydrogen-bond acceptors (Lipinski definition) is 18. The fraction of sp³-hybridized carbons (Fsp3) is 0.962. The molecule has 0 saturated carbocycles. The maximum atomic E-state index is 11.7. The van der Waals surface area contributed by atoms with Crippen molar-refractivity contribution in [1.82, 2.24) is 0 Å². The van der Waals surface area contributed by atoms with Crippen LogP contribution < -0.4 is 0 Å². The lowest BCUT2D eigenvalue weighted by molar-refractivity contribution is 0.153. The highest BCUT2D eigenvalue weighted by molar-refractivity contribution is 7.88. The van der Waals surface area contributed by atoms with Crippen molar-refractivity contribution in [2.75, 3.05) is 54.9 Å². The van der Waals surface area contributed by atoms with Crippen LogP contribution in [0.4, 0.5) is 0 Å². The normalized spacial score (nSPS) is 14.7. The van der Waals surface area contributed by atoms with Crippen LogP contribution in [0.5, 0.6) is 0 Å². The molecule has 0 aliphatic carbocycles. The quantitative estimate of drug-likeness (QED) is 0.0188.